The van der Waals surface area contributed by atoms with Crippen LogP contribution in [0.3, 0.4) is 0 Å². The van der Waals surface area contributed by atoms with E-state index in [1.54, 1.807) is 37.4 Å². The third-order valence-electron chi connectivity index (χ3n) is 4.73. The van der Waals surface area contributed by atoms with Crippen molar-refractivity contribution in [3.05, 3.63) is 76.3 Å². The Labute approximate surface area is 178 Å². The van der Waals surface area contributed by atoms with Gasteiger partial charge in [0.15, 0.2) is 5.65 Å². The third-order valence-corrected chi connectivity index (χ3v) is 4.73. The van der Waals surface area contributed by atoms with E-state index in [1.807, 2.05) is 38.1 Å². The molecule has 0 atom stereocenters. The number of anilines is 3. The van der Waals surface area contributed by atoms with Crippen LogP contribution in [0.15, 0.2) is 59.4 Å². The molecule has 0 aliphatic heterocycles. The summed E-state index contributed by atoms with van der Waals surface area (Å²) in [6.07, 6.45) is 0. The van der Waals surface area contributed by atoms with Crippen molar-refractivity contribution in [1.82, 2.24) is 19.2 Å². The van der Waals surface area contributed by atoms with Crippen LogP contribution in [-0.4, -0.2) is 32.2 Å². The third kappa shape index (κ3) is 4.25. The first-order chi connectivity index (χ1) is 14.9. The minimum absolute atomic E-state index is 0.236. The van der Waals surface area contributed by atoms with Crippen molar-refractivity contribution < 1.29 is 9.53 Å². The molecule has 0 spiro atoms. The number of nitrogens with one attached hydrogen (secondary N) is 2. The number of hydrogen-bond donors (Lipinski definition) is 2. The van der Waals surface area contributed by atoms with Gasteiger partial charge in [-0.1, -0.05) is 24.3 Å². The summed E-state index contributed by atoms with van der Waals surface area (Å²) >= 11 is 0. The van der Waals surface area contributed by atoms with Gasteiger partial charge in [-0.15, -0.1) is 5.10 Å². The number of aryl methyl sites for hydroxylation is 2. The summed E-state index contributed by atoms with van der Waals surface area (Å²) in [7, 11) is 1.55. The lowest BCUT2D eigenvalue weighted by Crippen LogP contribution is -2.29. The summed E-state index contributed by atoms with van der Waals surface area (Å²) in [4.78, 5) is 30.0. The molecule has 158 valence electrons. The van der Waals surface area contributed by atoms with Crippen LogP contribution in [-0.2, 0) is 11.3 Å². The summed E-state index contributed by atoms with van der Waals surface area (Å²) in [5.74, 6) is 0.585. The highest BCUT2D eigenvalue weighted by Gasteiger charge is 2.16. The Morgan fingerprint density at radius 2 is 1.90 bits per heavy atom. The zero-order chi connectivity index (χ0) is 22.0. The largest absolute Gasteiger partial charge is 0.497 e. The van der Waals surface area contributed by atoms with E-state index in [4.69, 9.17) is 4.74 Å². The van der Waals surface area contributed by atoms with Crippen molar-refractivity contribution >= 4 is 28.9 Å². The molecule has 0 unspecified atom stereocenters. The van der Waals surface area contributed by atoms with Gasteiger partial charge in [0, 0.05) is 29.2 Å². The number of para-hydroxylation sites is 1. The summed E-state index contributed by atoms with van der Waals surface area (Å²) in [6, 6.07) is 16.4. The van der Waals surface area contributed by atoms with Crippen LogP contribution in [0.25, 0.3) is 5.65 Å². The second kappa shape index (κ2) is 8.31. The SMILES string of the molecule is COc1cccc(NC(=O)Cn2nc3cc(C)nc(Nc4ccccc4C)n3c2=O)c1. The lowest BCUT2D eigenvalue weighted by atomic mass is 10.2. The van der Waals surface area contributed by atoms with Crippen molar-refractivity contribution in [2.24, 2.45) is 0 Å². The number of fused-ring (bicyclic) bond motifs is 1. The Hall–Kier alpha value is -4.14. The lowest BCUT2D eigenvalue weighted by Gasteiger charge is -2.10. The molecule has 31 heavy (non-hydrogen) atoms. The molecule has 2 aromatic heterocycles. The van der Waals surface area contributed by atoms with Gasteiger partial charge in [0.25, 0.3) is 0 Å². The number of methoxy groups -OCH3 is 1. The molecule has 1 amide bonds. The summed E-state index contributed by atoms with van der Waals surface area (Å²) < 4.78 is 7.64. The lowest BCUT2D eigenvalue weighted by molar-refractivity contribution is -0.117. The molecule has 0 saturated carbocycles. The highest BCUT2D eigenvalue weighted by atomic mass is 16.5. The maximum Gasteiger partial charge on any atom is 0.353 e. The van der Waals surface area contributed by atoms with E-state index in [-0.39, 0.29) is 12.5 Å². The summed E-state index contributed by atoms with van der Waals surface area (Å²) in [5, 5.41) is 10.3. The van der Waals surface area contributed by atoms with Gasteiger partial charge in [-0.05, 0) is 37.6 Å². The van der Waals surface area contributed by atoms with Crippen molar-refractivity contribution in [3.8, 4) is 5.75 Å². The Kier molecular flexibility index (Phi) is 5.40. The van der Waals surface area contributed by atoms with Crippen molar-refractivity contribution in [2.75, 3.05) is 17.7 Å². The number of carbonyl (C=O) groups is 1. The molecule has 9 heteroatoms. The van der Waals surface area contributed by atoms with Crippen LogP contribution in [0.4, 0.5) is 17.3 Å². The predicted molar refractivity (Wildman–Crippen MR) is 118 cm³/mol. The first-order valence-electron chi connectivity index (χ1n) is 9.68. The van der Waals surface area contributed by atoms with E-state index in [9.17, 15) is 9.59 Å². The van der Waals surface area contributed by atoms with E-state index in [1.165, 1.54) is 4.40 Å². The van der Waals surface area contributed by atoms with Crippen LogP contribution in [0.5, 0.6) is 5.75 Å². The number of benzene rings is 2. The van der Waals surface area contributed by atoms with Crippen LogP contribution >= 0.6 is 0 Å². The molecular weight excluding hydrogens is 396 g/mol. The molecule has 0 aliphatic carbocycles. The van der Waals surface area contributed by atoms with Gasteiger partial charge in [-0.2, -0.15) is 0 Å². The number of rotatable bonds is 6. The van der Waals surface area contributed by atoms with E-state index < -0.39 is 5.69 Å². The van der Waals surface area contributed by atoms with Crippen LogP contribution in [0.1, 0.15) is 11.3 Å². The summed E-state index contributed by atoms with van der Waals surface area (Å²) in [6.45, 7) is 3.55. The topological polar surface area (TPSA) is 103 Å². The fraction of sp³-hybridized carbons (Fsp3) is 0.182. The van der Waals surface area contributed by atoms with Gasteiger partial charge >= 0.3 is 5.69 Å². The standard InChI is InChI=1S/C22H22N6O3/c1-14-7-4-5-10-18(14)25-21-23-15(2)11-19-26-27(22(30)28(19)21)13-20(29)24-16-8-6-9-17(12-16)31-3/h4-12H,13H2,1-3H3,(H,23,25)(H,24,29). The normalized spacial score (nSPS) is 10.8. The Bertz CT molecular complexity index is 1320. The number of carbonyl (C=O) groups excluding carboxylic acids is 1. The molecule has 2 aromatic carbocycles. The predicted octanol–water partition coefficient (Wildman–Crippen LogP) is 2.90. The quantitative estimate of drug-likeness (QED) is 0.499. The van der Waals surface area contributed by atoms with Gasteiger partial charge in [-0.25, -0.2) is 18.9 Å². The van der Waals surface area contributed by atoms with E-state index in [2.05, 4.69) is 20.7 Å². The van der Waals surface area contributed by atoms with E-state index in [0.29, 0.717) is 28.7 Å². The molecule has 0 bridgehead atoms. The van der Waals surface area contributed by atoms with Crippen LogP contribution in [0, 0.1) is 13.8 Å². The van der Waals surface area contributed by atoms with Crippen LogP contribution < -0.4 is 21.1 Å². The second-order valence-corrected chi connectivity index (χ2v) is 7.08. The number of amides is 1. The molecular formula is C22H22N6O3. The molecule has 2 N–H and O–H groups in total. The molecule has 0 radical (unpaired) electrons. The molecule has 0 aliphatic rings. The van der Waals surface area contributed by atoms with Gasteiger partial charge < -0.3 is 15.4 Å². The molecule has 0 saturated heterocycles. The van der Waals surface area contributed by atoms with Crippen LogP contribution in [0.2, 0.25) is 0 Å². The van der Waals surface area contributed by atoms with Gasteiger partial charge in [0.1, 0.15) is 12.3 Å². The zero-order valence-corrected chi connectivity index (χ0v) is 17.4. The maximum atomic E-state index is 13.0. The van der Waals surface area contributed by atoms with E-state index in [0.717, 1.165) is 15.9 Å². The Morgan fingerprint density at radius 3 is 2.68 bits per heavy atom. The smallest absolute Gasteiger partial charge is 0.353 e. The average molecular weight is 418 g/mol. The van der Waals surface area contributed by atoms with Gasteiger partial charge in [-0.3, -0.25) is 4.79 Å². The molecule has 4 rings (SSSR count). The second-order valence-electron chi connectivity index (χ2n) is 7.08. The van der Waals surface area contributed by atoms with Gasteiger partial charge in [0.05, 0.1) is 7.11 Å². The zero-order valence-electron chi connectivity index (χ0n) is 17.4. The van der Waals surface area contributed by atoms with Crippen molar-refractivity contribution in [3.63, 3.8) is 0 Å². The molecule has 2 heterocycles. The fourth-order valence-corrected chi connectivity index (χ4v) is 3.21. The highest BCUT2D eigenvalue weighted by Crippen LogP contribution is 2.19. The van der Waals surface area contributed by atoms with Crippen molar-refractivity contribution in [1.29, 1.82) is 0 Å². The number of aromatic nitrogens is 4. The molecule has 9 nitrogen and oxygen atoms in total. The number of nitrogens with zero attached hydrogens (tertiary/aromatic N) is 4. The van der Waals surface area contributed by atoms with Gasteiger partial charge in [0.2, 0.25) is 11.9 Å². The average Bonchev–Trinajstić information content (AvgIpc) is 3.04. The first-order valence-corrected chi connectivity index (χ1v) is 9.68. The maximum absolute atomic E-state index is 13.0. The Morgan fingerprint density at radius 1 is 1.10 bits per heavy atom. The number of hydrogen-bond acceptors (Lipinski definition) is 6. The summed E-state index contributed by atoms with van der Waals surface area (Å²) in [5.41, 5.74) is 3.05. The first kappa shape index (κ1) is 20.1. The minimum atomic E-state index is -0.459. The van der Waals surface area contributed by atoms with Crippen molar-refractivity contribution in [2.45, 2.75) is 20.4 Å². The fourth-order valence-electron chi connectivity index (χ4n) is 3.21. The highest BCUT2D eigenvalue weighted by molar-refractivity contribution is 5.90. The molecule has 0 fully saturated rings. The Balaban J connectivity index is 1.63. The van der Waals surface area contributed by atoms with E-state index >= 15 is 0 Å². The minimum Gasteiger partial charge on any atom is -0.497 e. The monoisotopic (exact) mass is 418 g/mol. The number of ether oxygens (including phenoxy) is 1. The molecule has 4 aromatic rings.